The largest absolute Gasteiger partial charge is 0.495 e. The van der Waals surface area contributed by atoms with Crippen molar-refractivity contribution >= 4 is 18.6 Å². The predicted molar refractivity (Wildman–Crippen MR) is 93.5 cm³/mol. The molecule has 3 rings (SSSR count). The Balaban J connectivity index is 2.02. The van der Waals surface area contributed by atoms with Gasteiger partial charge in [0.15, 0.2) is 5.69 Å². The van der Waals surface area contributed by atoms with E-state index in [-0.39, 0.29) is 12.3 Å². The third-order valence-corrected chi connectivity index (χ3v) is 4.74. The number of carbonyl (C=O) groups excluding carboxylic acids is 1. The molecule has 0 radical (unpaired) electrons. The molecule has 0 atom stereocenters. The number of ether oxygens (including phenoxy) is 1. The maximum atomic E-state index is 12.1. The molecule has 0 saturated carbocycles. The summed E-state index contributed by atoms with van der Waals surface area (Å²) in [5.41, 5.74) is 1.16. The van der Waals surface area contributed by atoms with Gasteiger partial charge in [-0.2, -0.15) is 10.3 Å². The summed E-state index contributed by atoms with van der Waals surface area (Å²) in [6.07, 6.45) is 0. The van der Waals surface area contributed by atoms with Crippen molar-refractivity contribution in [3.63, 3.8) is 0 Å². The second-order valence-corrected chi connectivity index (χ2v) is 6.92. The summed E-state index contributed by atoms with van der Waals surface area (Å²) in [5.74, 6) is -0.519. The van der Waals surface area contributed by atoms with Gasteiger partial charge in [0.1, 0.15) is 5.69 Å². The minimum atomic E-state index is -0.562. The van der Waals surface area contributed by atoms with Gasteiger partial charge in [0.05, 0.1) is 17.8 Å². The number of aromatic nitrogens is 3. The number of hydrogen-bond acceptors (Lipinski definition) is 6. The van der Waals surface area contributed by atoms with Crippen LogP contribution in [0.3, 0.4) is 0 Å². The predicted octanol–water partition coefficient (Wildman–Crippen LogP) is 1.95. The fraction of sp³-hybridized carbons (Fsp3) is 0.471. The summed E-state index contributed by atoms with van der Waals surface area (Å²) in [7, 11) is -0.562. The van der Waals surface area contributed by atoms with Crippen LogP contribution in [-0.2, 0) is 14.0 Å². The van der Waals surface area contributed by atoms with Gasteiger partial charge in [0.25, 0.3) is 0 Å². The zero-order valence-electron chi connectivity index (χ0n) is 15.1. The van der Waals surface area contributed by atoms with Gasteiger partial charge >= 0.3 is 13.1 Å². The highest BCUT2D eigenvalue weighted by atomic mass is 16.7. The zero-order chi connectivity index (χ0) is 18.2. The van der Waals surface area contributed by atoms with Gasteiger partial charge in [-0.1, -0.05) is 24.3 Å². The third-order valence-electron chi connectivity index (χ3n) is 4.74. The van der Waals surface area contributed by atoms with Crippen LogP contribution in [0.4, 0.5) is 0 Å². The Hall–Kier alpha value is -2.19. The fourth-order valence-electron chi connectivity index (χ4n) is 2.65. The van der Waals surface area contributed by atoms with Gasteiger partial charge in [-0.15, -0.1) is 5.10 Å². The smallest absolute Gasteiger partial charge is 0.461 e. The topological polar surface area (TPSA) is 86.3 Å². The lowest BCUT2D eigenvalue weighted by Crippen LogP contribution is -2.41. The van der Waals surface area contributed by atoms with E-state index in [1.165, 1.54) is 0 Å². The van der Waals surface area contributed by atoms with Crippen molar-refractivity contribution in [3.05, 3.63) is 30.0 Å². The van der Waals surface area contributed by atoms with E-state index in [9.17, 15) is 4.79 Å². The summed E-state index contributed by atoms with van der Waals surface area (Å²) in [6.45, 7) is 10.00. The molecule has 1 aromatic heterocycles. The molecule has 1 aromatic carbocycles. The number of aromatic amines is 1. The molecule has 132 valence electrons. The van der Waals surface area contributed by atoms with Crippen LogP contribution in [-0.4, -0.2) is 46.3 Å². The second-order valence-electron chi connectivity index (χ2n) is 6.92. The molecular formula is C17H22BN3O4. The van der Waals surface area contributed by atoms with E-state index in [0.717, 1.165) is 11.0 Å². The standard InChI is InChI=1S/C17H22BN3O4/c1-6-23-15(22)14-13(19-21-20-14)11-9-7-8-10-12(11)18-24-16(2,3)17(4,5)25-18/h7-10H,6H2,1-5H3,(H,19,20,21). The maximum absolute atomic E-state index is 12.1. The summed E-state index contributed by atoms with van der Waals surface area (Å²) < 4.78 is 17.3. The number of nitrogens with one attached hydrogen (secondary N) is 1. The molecule has 0 unspecified atom stereocenters. The van der Waals surface area contributed by atoms with Crippen molar-refractivity contribution in [1.82, 2.24) is 15.4 Å². The number of carbonyl (C=O) groups is 1. The Kier molecular flexibility index (Phi) is 4.42. The van der Waals surface area contributed by atoms with Crippen LogP contribution in [0.15, 0.2) is 24.3 Å². The van der Waals surface area contributed by atoms with Gasteiger partial charge in [-0.05, 0) is 40.1 Å². The van der Waals surface area contributed by atoms with E-state index in [4.69, 9.17) is 14.0 Å². The molecule has 1 N–H and O–H groups in total. The number of benzene rings is 1. The molecule has 0 spiro atoms. The second kappa shape index (κ2) is 6.27. The molecular weight excluding hydrogens is 321 g/mol. The Morgan fingerprint density at radius 2 is 1.80 bits per heavy atom. The highest BCUT2D eigenvalue weighted by Crippen LogP contribution is 2.37. The first-order valence-electron chi connectivity index (χ1n) is 8.29. The number of esters is 1. The average Bonchev–Trinajstić information content (AvgIpc) is 3.10. The number of nitrogens with zero attached hydrogens (tertiary/aromatic N) is 2. The fourth-order valence-corrected chi connectivity index (χ4v) is 2.65. The SMILES string of the molecule is CCOC(=O)c1n[nH]nc1-c1ccccc1B1OC(C)(C)C(C)(C)O1. The number of rotatable bonds is 4. The van der Waals surface area contributed by atoms with Crippen molar-refractivity contribution < 1.29 is 18.8 Å². The summed E-state index contributed by atoms with van der Waals surface area (Å²) in [6, 6.07) is 7.53. The van der Waals surface area contributed by atoms with Crippen molar-refractivity contribution in [2.24, 2.45) is 0 Å². The minimum Gasteiger partial charge on any atom is -0.461 e. The Morgan fingerprint density at radius 1 is 1.16 bits per heavy atom. The number of hydrogen-bond donors (Lipinski definition) is 1. The van der Waals surface area contributed by atoms with E-state index in [0.29, 0.717) is 5.69 Å². The van der Waals surface area contributed by atoms with Crippen LogP contribution in [0.5, 0.6) is 0 Å². The maximum Gasteiger partial charge on any atom is 0.495 e. The Bertz CT molecular complexity index is 772. The molecule has 8 heteroatoms. The first kappa shape index (κ1) is 17.6. The molecule has 1 aliphatic rings. The van der Waals surface area contributed by atoms with Gasteiger partial charge in [-0.3, -0.25) is 0 Å². The molecule has 1 fully saturated rings. The van der Waals surface area contributed by atoms with Crippen molar-refractivity contribution in [2.45, 2.75) is 45.8 Å². The van der Waals surface area contributed by atoms with Crippen LogP contribution in [0.25, 0.3) is 11.3 Å². The molecule has 1 saturated heterocycles. The lowest BCUT2D eigenvalue weighted by Gasteiger charge is -2.32. The quantitative estimate of drug-likeness (QED) is 0.675. The van der Waals surface area contributed by atoms with E-state index in [2.05, 4.69) is 15.4 Å². The monoisotopic (exact) mass is 343 g/mol. The van der Waals surface area contributed by atoms with Gasteiger partial charge < -0.3 is 14.0 Å². The first-order chi connectivity index (χ1) is 11.8. The molecule has 1 aliphatic heterocycles. The van der Waals surface area contributed by atoms with Crippen LogP contribution >= 0.6 is 0 Å². The van der Waals surface area contributed by atoms with Crippen LogP contribution in [0.1, 0.15) is 45.1 Å². The van der Waals surface area contributed by atoms with Crippen molar-refractivity contribution in [3.8, 4) is 11.3 Å². The molecule has 2 aromatic rings. The highest BCUT2D eigenvalue weighted by Gasteiger charge is 2.52. The van der Waals surface area contributed by atoms with Crippen molar-refractivity contribution in [2.75, 3.05) is 6.61 Å². The van der Waals surface area contributed by atoms with Crippen LogP contribution in [0, 0.1) is 0 Å². The molecule has 2 heterocycles. The Labute approximate surface area is 147 Å². The van der Waals surface area contributed by atoms with Crippen LogP contribution in [0.2, 0.25) is 0 Å². The Morgan fingerprint density at radius 3 is 2.44 bits per heavy atom. The molecule has 0 bridgehead atoms. The van der Waals surface area contributed by atoms with Crippen molar-refractivity contribution in [1.29, 1.82) is 0 Å². The van der Waals surface area contributed by atoms with Crippen LogP contribution < -0.4 is 5.46 Å². The van der Waals surface area contributed by atoms with E-state index in [1.807, 2.05) is 52.0 Å². The molecule has 7 nitrogen and oxygen atoms in total. The zero-order valence-corrected chi connectivity index (χ0v) is 15.1. The van der Waals surface area contributed by atoms with E-state index < -0.39 is 24.3 Å². The lowest BCUT2D eigenvalue weighted by molar-refractivity contribution is 0.00578. The summed E-state index contributed by atoms with van der Waals surface area (Å²) in [5, 5.41) is 10.6. The van der Waals surface area contributed by atoms with Gasteiger partial charge in [0.2, 0.25) is 0 Å². The molecule has 0 aliphatic carbocycles. The van der Waals surface area contributed by atoms with E-state index >= 15 is 0 Å². The summed E-state index contributed by atoms with van der Waals surface area (Å²) in [4.78, 5) is 12.1. The highest BCUT2D eigenvalue weighted by molar-refractivity contribution is 6.63. The number of H-pyrrole nitrogens is 1. The normalized spacial score (nSPS) is 18.4. The minimum absolute atomic E-state index is 0.144. The third kappa shape index (κ3) is 3.07. The first-order valence-corrected chi connectivity index (χ1v) is 8.29. The summed E-state index contributed by atoms with van der Waals surface area (Å²) >= 11 is 0. The lowest BCUT2D eigenvalue weighted by atomic mass is 9.75. The molecule has 0 amide bonds. The van der Waals surface area contributed by atoms with E-state index in [1.54, 1.807) is 6.92 Å². The molecule has 25 heavy (non-hydrogen) atoms. The van der Waals surface area contributed by atoms with Gasteiger partial charge in [0, 0.05) is 5.56 Å². The van der Waals surface area contributed by atoms with Gasteiger partial charge in [-0.25, -0.2) is 4.79 Å². The average molecular weight is 343 g/mol.